The number of carbonyl (C=O) groups is 2. The monoisotopic (exact) mass is 481 g/mol. The summed E-state index contributed by atoms with van der Waals surface area (Å²) in [5.41, 5.74) is 0.514. The maximum absolute atomic E-state index is 12.2. The second kappa shape index (κ2) is 17.3. The number of carbonyl (C=O) groups excluding carboxylic acids is 2. The second-order valence-electron chi connectivity index (χ2n) is 8.12. The molecule has 1 aromatic carbocycles. The fourth-order valence-electron chi connectivity index (χ4n) is 3.39. The van der Waals surface area contributed by atoms with Crippen molar-refractivity contribution in [2.45, 2.75) is 103 Å². The molecule has 1 aromatic rings. The molecule has 1 unspecified atom stereocenters. The minimum atomic E-state index is -0.654. The summed E-state index contributed by atoms with van der Waals surface area (Å²) >= 11 is 3.34. The van der Waals surface area contributed by atoms with Gasteiger partial charge in [0.2, 0.25) is 0 Å². The minimum absolute atomic E-state index is 0.276. The maximum atomic E-state index is 12.2. The molecule has 0 fully saturated rings. The molecule has 0 radical (unpaired) electrons. The van der Waals surface area contributed by atoms with Gasteiger partial charge in [-0.1, -0.05) is 106 Å². The Kier molecular flexibility index (Phi) is 15.4. The molecule has 0 aliphatic rings. The number of hydrogen-bond donors (Lipinski definition) is 1. The molecule has 1 N–H and O–H groups in total. The standard InChI is InChI=1S/C25H40BrNO3/c1-3-4-5-6-7-8-9-10-11-12-13-14-15-19-30-25(29)21(2)27-24(28)22-17-16-18-23(26)20-22/h16-18,20-21H,3-15,19H2,1-2H3,(H,27,28). The Morgan fingerprint density at radius 3 is 1.97 bits per heavy atom. The summed E-state index contributed by atoms with van der Waals surface area (Å²) in [6.45, 7) is 4.34. The molecule has 1 rings (SSSR count). The van der Waals surface area contributed by atoms with Crippen molar-refractivity contribution in [3.63, 3.8) is 0 Å². The highest BCUT2D eigenvalue weighted by molar-refractivity contribution is 9.10. The van der Waals surface area contributed by atoms with Gasteiger partial charge in [-0.3, -0.25) is 4.79 Å². The molecule has 0 saturated heterocycles. The van der Waals surface area contributed by atoms with Crippen LogP contribution in [0.4, 0.5) is 0 Å². The number of hydrogen-bond acceptors (Lipinski definition) is 3. The number of ether oxygens (including phenoxy) is 1. The Balaban J connectivity index is 1.97. The van der Waals surface area contributed by atoms with Crippen molar-refractivity contribution >= 4 is 27.8 Å². The van der Waals surface area contributed by atoms with E-state index in [4.69, 9.17) is 4.74 Å². The SMILES string of the molecule is CCCCCCCCCCCCCCCOC(=O)C(C)NC(=O)c1cccc(Br)c1. The lowest BCUT2D eigenvalue weighted by atomic mass is 10.0. The third-order valence-corrected chi connectivity index (χ3v) is 5.77. The molecule has 0 aliphatic carbocycles. The summed E-state index contributed by atoms with van der Waals surface area (Å²) in [4.78, 5) is 24.2. The average molecular weight is 483 g/mol. The van der Waals surface area contributed by atoms with Gasteiger partial charge >= 0.3 is 5.97 Å². The lowest BCUT2D eigenvalue weighted by Crippen LogP contribution is -2.39. The lowest BCUT2D eigenvalue weighted by molar-refractivity contribution is -0.145. The highest BCUT2D eigenvalue weighted by Crippen LogP contribution is 2.13. The van der Waals surface area contributed by atoms with Crippen molar-refractivity contribution < 1.29 is 14.3 Å². The Morgan fingerprint density at radius 1 is 0.900 bits per heavy atom. The fraction of sp³-hybridized carbons (Fsp3) is 0.680. The number of amides is 1. The van der Waals surface area contributed by atoms with Crippen LogP contribution < -0.4 is 5.32 Å². The maximum Gasteiger partial charge on any atom is 0.328 e. The average Bonchev–Trinajstić information content (AvgIpc) is 2.73. The van der Waals surface area contributed by atoms with Gasteiger partial charge in [0, 0.05) is 10.0 Å². The van der Waals surface area contributed by atoms with Gasteiger partial charge in [0.05, 0.1) is 6.61 Å². The van der Waals surface area contributed by atoms with Gasteiger partial charge in [-0.2, -0.15) is 0 Å². The van der Waals surface area contributed by atoms with Crippen molar-refractivity contribution in [1.29, 1.82) is 0 Å². The van der Waals surface area contributed by atoms with Gasteiger partial charge < -0.3 is 10.1 Å². The van der Waals surface area contributed by atoms with E-state index in [1.165, 1.54) is 70.6 Å². The molecule has 0 aromatic heterocycles. The number of benzene rings is 1. The molecule has 0 aliphatic heterocycles. The van der Waals surface area contributed by atoms with Crippen LogP contribution in [-0.2, 0) is 9.53 Å². The van der Waals surface area contributed by atoms with E-state index in [9.17, 15) is 9.59 Å². The van der Waals surface area contributed by atoms with Crippen LogP contribution in [0.2, 0.25) is 0 Å². The smallest absolute Gasteiger partial charge is 0.328 e. The van der Waals surface area contributed by atoms with Gasteiger partial charge in [-0.15, -0.1) is 0 Å². The van der Waals surface area contributed by atoms with Crippen molar-refractivity contribution in [2.24, 2.45) is 0 Å². The van der Waals surface area contributed by atoms with Gasteiger partial charge in [0.15, 0.2) is 0 Å². The Bertz CT molecular complexity index is 606. The van der Waals surface area contributed by atoms with E-state index in [-0.39, 0.29) is 11.9 Å². The number of halogens is 1. The fourth-order valence-corrected chi connectivity index (χ4v) is 3.79. The summed E-state index contributed by atoms with van der Waals surface area (Å²) < 4.78 is 6.13. The van der Waals surface area contributed by atoms with Crippen LogP contribution in [0, 0.1) is 0 Å². The topological polar surface area (TPSA) is 55.4 Å². The quantitative estimate of drug-likeness (QED) is 0.189. The summed E-state index contributed by atoms with van der Waals surface area (Å²) in [7, 11) is 0. The van der Waals surface area contributed by atoms with Crippen molar-refractivity contribution in [1.82, 2.24) is 5.32 Å². The Morgan fingerprint density at radius 2 is 1.43 bits per heavy atom. The Hall–Kier alpha value is -1.36. The molecule has 5 heteroatoms. The molecular weight excluding hydrogens is 442 g/mol. The van der Waals surface area contributed by atoms with Crippen molar-refractivity contribution in [2.75, 3.05) is 6.61 Å². The molecule has 30 heavy (non-hydrogen) atoms. The molecule has 4 nitrogen and oxygen atoms in total. The number of esters is 1. The number of unbranched alkanes of at least 4 members (excludes halogenated alkanes) is 12. The highest BCUT2D eigenvalue weighted by Gasteiger charge is 2.17. The van der Waals surface area contributed by atoms with E-state index in [1.54, 1.807) is 25.1 Å². The van der Waals surface area contributed by atoms with E-state index < -0.39 is 6.04 Å². The summed E-state index contributed by atoms with van der Waals surface area (Å²) in [6.07, 6.45) is 16.7. The number of nitrogens with one attached hydrogen (secondary N) is 1. The molecule has 0 spiro atoms. The van der Waals surface area contributed by atoms with Crippen molar-refractivity contribution in [3.8, 4) is 0 Å². The summed E-state index contributed by atoms with van der Waals surface area (Å²) in [5, 5.41) is 2.69. The van der Waals surface area contributed by atoms with E-state index in [0.29, 0.717) is 12.2 Å². The third kappa shape index (κ3) is 13.0. The molecule has 1 amide bonds. The van der Waals surface area contributed by atoms with Crippen LogP contribution in [-0.4, -0.2) is 24.5 Å². The number of rotatable bonds is 17. The second-order valence-corrected chi connectivity index (χ2v) is 9.03. The highest BCUT2D eigenvalue weighted by atomic mass is 79.9. The minimum Gasteiger partial charge on any atom is -0.464 e. The summed E-state index contributed by atoms with van der Waals surface area (Å²) in [5.74, 6) is -0.654. The molecule has 0 bridgehead atoms. The van der Waals surface area contributed by atoms with Gasteiger partial charge in [0.25, 0.3) is 5.91 Å². The first-order chi connectivity index (χ1) is 14.5. The molecule has 1 atom stereocenters. The van der Waals surface area contributed by atoms with E-state index >= 15 is 0 Å². The molecule has 0 saturated carbocycles. The van der Waals surface area contributed by atoms with Crippen LogP contribution in [0.25, 0.3) is 0 Å². The Labute approximate surface area is 191 Å². The van der Waals surface area contributed by atoms with Gasteiger partial charge in [-0.25, -0.2) is 4.79 Å². The first kappa shape index (κ1) is 26.7. The summed E-state index contributed by atoms with van der Waals surface area (Å²) in [6, 6.07) is 6.42. The first-order valence-corrected chi connectivity index (χ1v) is 12.6. The van der Waals surface area contributed by atoms with Gasteiger partial charge in [-0.05, 0) is 31.5 Å². The lowest BCUT2D eigenvalue weighted by Gasteiger charge is -2.13. The van der Waals surface area contributed by atoms with Crippen LogP contribution in [0.5, 0.6) is 0 Å². The third-order valence-electron chi connectivity index (χ3n) is 5.28. The van der Waals surface area contributed by atoms with Crippen LogP contribution >= 0.6 is 15.9 Å². The van der Waals surface area contributed by atoms with Crippen molar-refractivity contribution in [3.05, 3.63) is 34.3 Å². The zero-order valence-electron chi connectivity index (χ0n) is 18.9. The van der Waals surface area contributed by atoms with Crippen LogP contribution in [0.1, 0.15) is 108 Å². The van der Waals surface area contributed by atoms with E-state index in [1.807, 2.05) is 6.07 Å². The molecular formula is C25H40BrNO3. The van der Waals surface area contributed by atoms with Crippen LogP contribution in [0.3, 0.4) is 0 Å². The predicted molar refractivity (Wildman–Crippen MR) is 128 cm³/mol. The normalized spacial score (nSPS) is 11.8. The molecule has 170 valence electrons. The zero-order chi connectivity index (χ0) is 22.0. The molecule has 0 heterocycles. The predicted octanol–water partition coefficient (Wildman–Crippen LogP) is 7.20. The van der Waals surface area contributed by atoms with E-state index in [0.717, 1.165) is 17.3 Å². The zero-order valence-corrected chi connectivity index (χ0v) is 20.5. The van der Waals surface area contributed by atoms with Crippen LogP contribution in [0.15, 0.2) is 28.7 Å². The largest absolute Gasteiger partial charge is 0.464 e. The van der Waals surface area contributed by atoms with Gasteiger partial charge in [0.1, 0.15) is 6.04 Å². The first-order valence-electron chi connectivity index (χ1n) is 11.8. The van der Waals surface area contributed by atoms with E-state index in [2.05, 4.69) is 28.2 Å².